The van der Waals surface area contributed by atoms with Crippen molar-refractivity contribution in [1.82, 2.24) is 0 Å². The molecule has 0 heterocycles. The molecule has 0 unspecified atom stereocenters. The van der Waals surface area contributed by atoms with Crippen LogP contribution < -0.4 is 9.62 Å². The highest BCUT2D eigenvalue weighted by Gasteiger charge is 2.08. The number of esters is 1. The first-order valence-electron chi connectivity index (χ1n) is 8.90. The summed E-state index contributed by atoms with van der Waals surface area (Å²) in [6, 6.07) is 22.2. The monoisotopic (exact) mass is 362 g/mol. The van der Waals surface area contributed by atoms with Crippen molar-refractivity contribution in [3.8, 4) is 11.5 Å². The number of carbonyl (C=O) groups is 1. The van der Waals surface area contributed by atoms with Gasteiger partial charge in [-0.3, -0.25) is 0 Å². The van der Waals surface area contributed by atoms with Crippen LogP contribution in [0.15, 0.2) is 72.8 Å². The molecule has 3 rings (SSSR count). The second-order valence-corrected chi connectivity index (χ2v) is 6.24. The Hall–Kier alpha value is -3.11. The van der Waals surface area contributed by atoms with Crippen molar-refractivity contribution < 1.29 is 19.3 Å². The molecule has 4 nitrogen and oxygen atoms in total. The van der Waals surface area contributed by atoms with Gasteiger partial charge in [0.2, 0.25) is 0 Å². The number of benzene rings is 3. The standard InChI is InChI=1S/C23H22O4/c1-3-18-8-14-22(15-9-18)27-25-16-19-6-10-20(11-7-19)23(24)26-21-12-4-17(2)5-13-21/h4-15H,3,16H2,1-2H3. The zero-order chi connectivity index (χ0) is 19.1. The average Bonchev–Trinajstić information content (AvgIpc) is 2.71. The summed E-state index contributed by atoms with van der Waals surface area (Å²) in [5.74, 6) is 0.796. The van der Waals surface area contributed by atoms with Gasteiger partial charge in [0, 0.05) is 0 Å². The lowest BCUT2D eigenvalue weighted by Crippen LogP contribution is -2.08. The van der Waals surface area contributed by atoms with Gasteiger partial charge in [0.15, 0.2) is 5.75 Å². The molecule has 138 valence electrons. The van der Waals surface area contributed by atoms with E-state index in [1.165, 1.54) is 5.56 Å². The molecule has 0 atom stereocenters. The minimum Gasteiger partial charge on any atom is -0.423 e. The number of carbonyl (C=O) groups excluding carboxylic acids is 1. The maximum atomic E-state index is 12.2. The molecule has 0 aliphatic heterocycles. The summed E-state index contributed by atoms with van der Waals surface area (Å²) >= 11 is 0. The summed E-state index contributed by atoms with van der Waals surface area (Å²) < 4.78 is 5.36. The van der Waals surface area contributed by atoms with E-state index in [1.54, 1.807) is 24.3 Å². The van der Waals surface area contributed by atoms with Gasteiger partial charge in [-0.05, 0) is 60.9 Å². The molecule has 0 aliphatic rings. The van der Waals surface area contributed by atoms with Crippen molar-refractivity contribution in [2.45, 2.75) is 26.9 Å². The third-order valence-electron chi connectivity index (χ3n) is 4.13. The summed E-state index contributed by atoms with van der Waals surface area (Å²) in [5, 5.41) is 0. The largest absolute Gasteiger partial charge is 0.423 e. The third kappa shape index (κ3) is 5.43. The number of aryl methyl sites for hydroxylation is 2. The van der Waals surface area contributed by atoms with Crippen LogP contribution >= 0.6 is 0 Å². The number of rotatable bonds is 7. The first-order valence-corrected chi connectivity index (χ1v) is 8.90. The minimum absolute atomic E-state index is 0.281. The highest BCUT2D eigenvalue weighted by molar-refractivity contribution is 5.91. The Balaban J connectivity index is 1.50. The van der Waals surface area contributed by atoms with Gasteiger partial charge in [0.1, 0.15) is 12.4 Å². The molecule has 3 aromatic rings. The van der Waals surface area contributed by atoms with Gasteiger partial charge in [-0.1, -0.05) is 48.9 Å². The van der Waals surface area contributed by atoms with Gasteiger partial charge in [0.25, 0.3) is 0 Å². The van der Waals surface area contributed by atoms with E-state index < -0.39 is 5.97 Å². The predicted molar refractivity (Wildman–Crippen MR) is 104 cm³/mol. The zero-order valence-corrected chi connectivity index (χ0v) is 15.5. The summed E-state index contributed by atoms with van der Waals surface area (Å²) in [5.41, 5.74) is 3.74. The second-order valence-electron chi connectivity index (χ2n) is 6.24. The zero-order valence-electron chi connectivity index (χ0n) is 15.5. The molecule has 0 aromatic heterocycles. The van der Waals surface area contributed by atoms with Gasteiger partial charge in [0.05, 0.1) is 5.56 Å². The molecular formula is C23H22O4. The minimum atomic E-state index is -0.390. The molecule has 0 aliphatic carbocycles. The molecule has 0 amide bonds. The lowest BCUT2D eigenvalue weighted by atomic mass is 10.1. The molecule has 27 heavy (non-hydrogen) atoms. The Morgan fingerprint density at radius 2 is 1.37 bits per heavy atom. The van der Waals surface area contributed by atoms with Gasteiger partial charge in [-0.15, -0.1) is 0 Å². The van der Waals surface area contributed by atoms with Gasteiger partial charge in [-0.2, -0.15) is 4.89 Å². The lowest BCUT2D eigenvalue weighted by molar-refractivity contribution is -0.217. The maximum Gasteiger partial charge on any atom is 0.343 e. The average molecular weight is 362 g/mol. The van der Waals surface area contributed by atoms with Crippen LogP contribution in [0.1, 0.15) is 34.0 Å². The van der Waals surface area contributed by atoms with Crippen LogP contribution in [0, 0.1) is 6.92 Å². The topological polar surface area (TPSA) is 44.8 Å². The van der Waals surface area contributed by atoms with Crippen LogP contribution in [-0.4, -0.2) is 5.97 Å². The van der Waals surface area contributed by atoms with Gasteiger partial charge in [-0.25, -0.2) is 4.79 Å². The second kappa shape index (κ2) is 9.01. The summed E-state index contributed by atoms with van der Waals surface area (Å²) in [4.78, 5) is 22.7. The Morgan fingerprint density at radius 1 is 0.778 bits per heavy atom. The van der Waals surface area contributed by atoms with E-state index in [0.717, 1.165) is 17.5 Å². The van der Waals surface area contributed by atoms with Crippen molar-refractivity contribution in [3.63, 3.8) is 0 Å². The maximum absolute atomic E-state index is 12.2. The number of ether oxygens (including phenoxy) is 1. The first kappa shape index (κ1) is 18.7. The molecule has 0 saturated carbocycles. The van der Waals surface area contributed by atoms with Crippen LogP contribution in [0.3, 0.4) is 0 Å². The number of hydrogen-bond acceptors (Lipinski definition) is 4. The van der Waals surface area contributed by atoms with Crippen molar-refractivity contribution in [2.24, 2.45) is 0 Å². The molecule has 0 N–H and O–H groups in total. The highest BCUT2D eigenvalue weighted by Crippen LogP contribution is 2.16. The quantitative estimate of drug-likeness (QED) is 0.248. The molecule has 4 heteroatoms. The van der Waals surface area contributed by atoms with Crippen LogP contribution in [0.25, 0.3) is 0 Å². The number of hydrogen-bond donors (Lipinski definition) is 0. The van der Waals surface area contributed by atoms with E-state index in [-0.39, 0.29) is 6.61 Å². The summed E-state index contributed by atoms with van der Waals surface area (Å²) in [6.07, 6.45) is 0.986. The Bertz CT molecular complexity index is 866. The van der Waals surface area contributed by atoms with E-state index in [1.807, 2.05) is 55.5 Å². The van der Waals surface area contributed by atoms with Crippen molar-refractivity contribution in [2.75, 3.05) is 0 Å². The van der Waals surface area contributed by atoms with Crippen molar-refractivity contribution in [3.05, 3.63) is 95.1 Å². The third-order valence-corrected chi connectivity index (χ3v) is 4.13. The SMILES string of the molecule is CCc1ccc(OOCc2ccc(C(=O)Oc3ccc(C)cc3)cc2)cc1. The molecule has 0 fully saturated rings. The summed E-state index contributed by atoms with van der Waals surface area (Å²) in [6.45, 7) is 4.37. The first-order chi connectivity index (χ1) is 13.1. The van der Waals surface area contributed by atoms with Gasteiger partial charge >= 0.3 is 5.97 Å². The van der Waals surface area contributed by atoms with Gasteiger partial charge < -0.3 is 9.62 Å². The fraction of sp³-hybridized carbons (Fsp3) is 0.174. The van der Waals surface area contributed by atoms with Crippen LogP contribution in [0.5, 0.6) is 11.5 Å². The summed E-state index contributed by atoms with van der Waals surface area (Å²) in [7, 11) is 0. The normalized spacial score (nSPS) is 10.4. The molecule has 0 radical (unpaired) electrons. The Morgan fingerprint density at radius 3 is 2.00 bits per heavy atom. The van der Waals surface area contributed by atoms with E-state index in [4.69, 9.17) is 14.5 Å². The lowest BCUT2D eigenvalue weighted by Gasteiger charge is -2.07. The smallest absolute Gasteiger partial charge is 0.343 e. The van der Waals surface area contributed by atoms with E-state index in [2.05, 4.69) is 6.92 Å². The van der Waals surface area contributed by atoms with E-state index in [9.17, 15) is 4.79 Å². The van der Waals surface area contributed by atoms with Crippen LogP contribution in [0.2, 0.25) is 0 Å². The molecule has 3 aromatic carbocycles. The fourth-order valence-electron chi connectivity index (χ4n) is 2.46. The Labute approximate surface area is 159 Å². The van der Waals surface area contributed by atoms with Crippen LogP contribution in [-0.2, 0) is 17.9 Å². The van der Waals surface area contributed by atoms with Crippen molar-refractivity contribution in [1.29, 1.82) is 0 Å². The van der Waals surface area contributed by atoms with Crippen molar-refractivity contribution >= 4 is 5.97 Å². The highest BCUT2D eigenvalue weighted by atomic mass is 17.2. The molecular weight excluding hydrogens is 340 g/mol. The fourth-order valence-corrected chi connectivity index (χ4v) is 2.46. The molecule has 0 saturated heterocycles. The molecule has 0 spiro atoms. The Kier molecular flexibility index (Phi) is 6.23. The van der Waals surface area contributed by atoms with E-state index >= 15 is 0 Å². The van der Waals surface area contributed by atoms with Crippen LogP contribution in [0.4, 0.5) is 0 Å². The molecule has 0 bridgehead atoms. The van der Waals surface area contributed by atoms with E-state index in [0.29, 0.717) is 17.1 Å². The predicted octanol–water partition coefficient (Wildman–Crippen LogP) is 5.29.